The van der Waals surface area contributed by atoms with Crippen LogP contribution in [0.25, 0.3) is 0 Å². The molecule has 1 aromatic rings. The maximum atomic E-state index is 11.5. The molecule has 0 bridgehead atoms. The van der Waals surface area contributed by atoms with Gasteiger partial charge in [0.1, 0.15) is 0 Å². The fraction of sp³-hybridized carbons (Fsp3) is 0.538. The van der Waals surface area contributed by atoms with Gasteiger partial charge in [-0.3, -0.25) is 0 Å². The van der Waals surface area contributed by atoms with Gasteiger partial charge >= 0.3 is 0 Å². The van der Waals surface area contributed by atoms with Gasteiger partial charge in [0.05, 0.1) is 4.90 Å². The molecule has 0 amide bonds. The van der Waals surface area contributed by atoms with Crippen LogP contribution in [0.5, 0.6) is 0 Å². The summed E-state index contributed by atoms with van der Waals surface area (Å²) < 4.78 is 23.0. The Morgan fingerprint density at radius 2 is 1.94 bits per heavy atom. The molecule has 3 nitrogen and oxygen atoms in total. The Kier molecular flexibility index (Phi) is 4.71. The number of sulfone groups is 1. The maximum absolute atomic E-state index is 11.5. The van der Waals surface area contributed by atoms with Crippen molar-refractivity contribution in [1.82, 2.24) is 0 Å². The van der Waals surface area contributed by atoms with E-state index in [1.165, 1.54) is 6.26 Å². The van der Waals surface area contributed by atoms with Crippen molar-refractivity contribution in [3.05, 3.63) is 29.8 Å². The lowest BCUT2D eigenvalue weighted by atomic mass is 9.87. The number of nitrogens with two attached hydrogens (primary N) is 1. The molecule has 2 unspecified atom stereocenters. The van der Waals surface area contributed by atoms with Crippen molar-refractivity contribution >= 4 is 9.84 Å². The Hall–Kier alpha value is -0.870. The molecular weight excluding hydrogens is 234 g/mol. The first-order valence-electron chi connectivity index (χ1n) is 5.86. The first kappa shape index (κ1) is 14.2. The number of hydrogen-bond acceptors (Lipinski definition) is 3. The molecule has 4 heteroatoms. The summed E-state index contributed by atoms with van der Waals surface area (Å²) in [6, 6.07) is 7.19. The maximum Gasteiger partial charge on any atom is 0.175 e. The average Bonchev–Trinajstić information content (AvgIpc) is 2.27. The van der Waals surface area contributed by atoms with Crippen LogP contribution in [-0.2, 0) is 9.84 Å². The average molecular weight is 255 g/mol. The van der Waals surface area contributed by atoms with Gasteiger partial charge in [-0.25, -0.2) is 8.42 Å². The molecule has 0 aliphatic carbocycles. The smallest absolute Gasteiger partial charge is 0.175 e. The Bertz CT molecular complexity index is 468. The van der Waals surface area contributed by atoms with E-state index in [1.54, 1.807) is 18.2 Å². The predicted molar refractivity (Wildman–Crippen MR) is 70.8 cm³/mol. The van der Waals surface area contributed by atoms with E-state index in [0.717, 1.165) is 12.0 Å². The van der Waals surface area contributed by atoms with E-state index in [2.05, 4.69) is 13.8 Å². The molecule has 0 aromatic heterocycles. The van der Waals surface area contributed by atoms with Crippen molar-refractivity contribution in [2.45, 2.75) is 31.1 Å². The quantitative estimate of drug-likeness (QED) is 0.877. The molecule has 0 saturated heterocycles. The topological polar surface area (TPSA) is 60.2 Å². The molecule has 0 heterocycles. The predicted octanol–water partition coefficient (Wildman–Crippen LogP) is 2.18. The van der Waals surface area contributed by atoms with Crippen LogP contribution in [0.2, 0.25) is 0 Å². The fourth-order valence-corrected chi connectivity index (χ4v) is 2.55. The summed E-state index contributed by atoms with van der Waals surface area (Å²) in [6.45, 7) is 4.92. The third kappa shape index (κ3) is 3.82. The zero-order valence-electron chi connectivity index (χ0n) is 10.7. The fourth-order valence-electron chi connectivity index (χ4n) is 1.87. The van der Waals surface area contributed by atoms with Crippen LogP contribution in [0.4, 0.5) is 0 Å². The van der Waals surface area contributed by atoms with Gasteiger partial charge in [-0.1, -0.05) is 26.0 Å². The number of rotatable bonds is 5. The van der Waals surface area contributed by atoms with E-state index in [9.17, 15) is 8.42 Å². The minimum atomic E-state index is -3.12. The van der Waals surface area contributed by atoms with E-state index in [4.69, 9.17) is 5.73 Å². The molecule has 0 fully saturated rings. The standard InChI is InChI=1S/C13H21NO2S/c1-10(7-8-14)11(2)12-5-4-6-13(9-12)17(3,15)16/h4-6,9-11H,7-8,14H2,1-3H3. The molecule has 2 atom stereocenters. The van der Waals surface area contributed by atoms with Crippen molar-refractivity contribution in [2.24, 2.45) is 11.7 Å². The lowest BCUT2D eigenvalue weighted by molar-refractivity contribution is 0.459. The Labute approximate surface area is 104 Å². The third-order valence-corrected chi connectivity index (χ3v) is 4.40. The second kappa shape index (κ2) is 5.65. The Balaban J connectivity index is 3.00. The van der Waals surface area contributed by atoms with E-state index in [-0.39, 0.29) is 0 Å². The number of hydrogen-bond donors (Lipinski definition) is 1. The normalized spacial score (nSPS) is 15.5. The van der Waals surface area contributed by atoms with Gasteiger partial charge in [0.2, 0.25) is 0 Å². The third-order valence-electron chi connectivity index (χ3n) is 3.29. The summed E-state index contributed by atoms with van der Waals surface area (Å²) >= 11 is 0. The van der Waals surface area contributed by atoms with E-state index in [1.807, 2.05) is 6.07 Å². The van der Waals surface area contributed by atoms with Crippen LogP contribution >= 0.6 is 0 Å². The van der Waals surface area contributed by atoms with Crippen molar-refractivity contribution < 1.29 is 8.42 Å². The summed E-state index contributed by atoms with van der Waals surface area (Å²) in [4.78, 5) is 0.391. The summed E-state index contributed by atoms with van der Waals surface area (Å²) in [5, 5.41) is 0. The molecule has 0 saturated carbocycles. The van der Waals surface area contributed by atoms with Crippen LogP contribution in [0.1, 0.15) is 31.7 Å². The molecule has 1 rings (SSSR count). The summed E-state index contributed by atoms with van der Waals surface area (Å²) in [5.41, 5.74) is 6.61. The molecule has 96 valence electrons. The largest absolute Gasteiger partial charge is 0.330 e. The highest BCUT2D eigenvalue weighted by Crippen LogP contribution is 2.27. The number of benzene rings is 1. The van der Waals surface area contributed by atoms with Gasteiger partial charge in [-0.15, -0.1) is 0 Å². The van der Waals surface area contributed by atoms with E-state index in [0.29, 0.717) is 23.3 Å². The second-order valence-corrected chi connectivity index (χ2v) is 6.70. The van der Waals surface area contributed by atoms with Gasteiger partial charge < -0.3 is 5.73 Å². The lowest BCUT2D eigenvalue weighted by Gasteiger charge is -2.20. The molecule has 0 aliphatic rings. The van der Waals surface area contributed by atoms with E-state index >= 15 is 0 Å². The van der Waals surface area contributed by atoms with Crippen molar-refractivity contribution in [3.63, 3.8) is 0 Å². The van der Waals surface area contributed by atoms with Crippen molar-refractivity contribution in [3.8, 4) is 0 Å². The van der Waals surface area contributed by atoms with Crippen molar-refractivity contribution in [2.75, 3.05) is 12.8 Å². The summed E-state index contributed by atoms with van der Waals surface area (Å²) in [5.74, 6) is 0.773. The first-order valence-corrected chi connectivity index (χ1v) is 7.75. The highest BCUT2D eigenvalue weighted by molar-refractivity contribution is 7.90. The minimum Gasteiger partial charge on any atom is -0.330 e. The SMILES string of the molecule is CC(CCN)C(C)c1cccc(S(C)(=O)=O)c1. The van der Waals surface area contributed by atoms with Crippen LogP contribution in [0, 0.1) is 5.92 Å². The van der Waals surface area contributed by atoms with E-state index < -0.39 is 9.84 Å². The lowest BCUT2D eigenvalue weighted by Crippen LogP contribution is -2.12. The van der Waals surface area contributed by atoms with Crippen LogP contribution in [0.15, 0.2) is 29.2 Å². The molecule has 0 aliphatic heterocycles. The second-order valence-electron chi connectivity index (χ2n) is 4.69. The van der Waals surface area contributed by atoms with Crippen LogP contribution < -0.4 is 5.73 Å². The van der Waals surface area contributed by atoms with Crippen LogP contribution in [-0.4, -0.2) is 21.2 Å². The van der Waals surface area contributed by atoms with Crippen molar-refractivity contribution in [1.29, 1.82) is 0 Å². The molecule has 2 N–H and O–H groups in total. The molecule has 0 spiro atoms. The highest BCUT2D eigenvalue weighted by atomic mass is 32.2. The highest BCUT2D eigenvalue weighted by Gasteiger charge is 2.15. The first-order chi connectivity index (χ1) is 7.86. The Morgan fingerprint density at radius 1 is 1.29 bits per heavy atom. The van der Waals surface area contributed by atoms with Gasteiger partial charge in [-0.2, -0.15) is 0 Å². The zero-order valence-corrected chi connectivity index (χ0v) is 11.5. The monoisotopic (exact) mass is 255 g/mol. The van der Waals surface area contributed by atoms with Gasteiger partial charge in [0, 0.05) is 6.26 Å². The summed E-state index contributed by atoms with van der Waals surface area (Å²) in [6.07, 6.45) is 2.18. The summed E-state index contributed by atoms with van der Waals surface area (Å²) in [7, 11) is -3.12. The van der Waals surface area contributed by atoms with Gasteiger partial charge in [0.25, 0.3) is 0 Å². The van der Waals surface area contributed by atoms with Gasteiger partial charge in [0.15, 0.2) is 9.84 Å². The molecule has 0 radical (unpaired) electrons. The Morgan fingerprint density at radius 3 is 2.47 bits per heavy atom. The van der Waals surface area contributed by atoms with Crippen LogP contribution in [0.3, 0.4) is 0 Å². The molecule has 17 heavy (non-hydrogen) atoms. The molecular formula is C13H21NO2S. The zero-order chi connectivity index (χ0) is 13.1. The minimum absolute atomic E-state index is 0.320. The van der Waals surface area contributed by atoms with Gasteiger partial charge in [-0.05, 0) is 42.5 Å². The molecule has 1 aromatic carbocycles.